The van der Waals surface area contributed by atoms with Crippen molar-refractivity contribution in [3.63, 3.8) is 0 Å². The highest BCUT2D eigenvalue weighted by Crippen LogP contribution is 2.28. The van der Waals surface area contributed by atoms with Crippen molar-refractivity contribution < 1.29 is 9.84 Å². The fourth-order valence-corrected chi connectivity index (χ4v) is 1.90. The summed E-state index contributed by atoms with van der Waals surface area (Å²) in [6, 6.07) is 7.50. The molecule has 5 heteroatoms. The standard InChI is InChI=1S/C14H19N3O2/c1-10(15-9-12-6-7-17(2)16-12)11-4-5-13(18)14(8-11)19-3/h4-8,10,15,18H,9H2,1-3H3. The van der Waals surface area contributed by atoms with Crippen molar-refractivity contribution in [1.82, 2.24) is 15.1 Å². The van der Waals surface area contributed by atoms with Gasteiger partial charge in [-0.1, -0.05) is 6.07 Å². The molecule has 5 nitrogen and oxygen atoms in total. The normalized spacial score (nSPS) is 12.4. The number of aromatic hydroxyl groups is 1. The van der Waals surface area contributed by atoms with Crippen LogP contribution in [-0.4, -0.2) is 22.0 Å². The molecule has 0 saturated heterocycles. The van der Waals surface area contributed by atoms with E-state index in [9.17, 15) is 5.11 Å². The summed E-state index contributed by atoms with van der Waals surface area (Å²) < 4.78 is 6.89. The number of ether oxygens (including phenoxy) is 1. The third-order valence-corrected chi connectivity index (χ3v) is 3.06. The van der Waals surface area contributed by atoms with Crippen LogP contribution >= 0.6 is 0 Å². The minimum Gasteiger partial charge on any atom is -0.504 e. The molecule has 2 N–H and O–H groups in total. The maximum Gasteiger partial charge on any atom is 0.160 e. The predicted molar refractivity (Wildman–Crippen MR) is 73.1 cm³/mol. The molecular weight excluding hydrogens is 242 g/mol. The Labute approximate surface area is 112 Å². The third-order valence-electron chi connectivity index (χ3n) is 3.06. The Morgan fingerprint density at radius 1 is 1.42 bits per heavy atom. The summed E-state index contributed by atoms with van der Waals surface area (Å²) in [4.78, 5) is 0. The van der Waals surface area contributed by atoms with Crippen molar-refractivity contribution >= 4 is 0 Å². The largest absolute Gasteiger partial charge is 0.504 e. The van der Waals surface area contributed by atoms with Gasteiger partial charge in [0.15, 0.2) is 11.5 Å². The average molecular weight is 261 g/mol. The fraction of sp³-hybridized carbons (Fsp3) is 0.357. The first kappa shape index (κ1) is 13.4. The molecule has 0 aliphatic carbocycles. The molecule has 0 bridgehead atoms. The van der Waals surface area contributed by atoms with Crippen molar-refractivity contribution in [1.29, 1.82) is 0 Å². The lowest BCUT2D eigenvalue weighted by atomic mass is 10.1. The summed E-state index contributed by atoms with van der Waals surface area (Å²) in [5.41, 5.74) is 2.06. The van der Waals surface area contributed by atoms with Crippen molar-refractivity contribution in [3.8, 4) is 11.5 Å². The van der Waals surface area contributed by atoms with Gasteiger partial charge in [-0.3, -0.25) is 4.68 Å². The van der Waals surface area contributed by atoms with Crippen LogP contribution in [0.5, 0.6) is 11.5 Å². The van der Waals surface area contributed by atoms with E-state index < -0.39 is 0 Å². The van der Waals surface area contributed by atoms with E-state index in [1.807, 2.05) is 31.4 Å². The van der Waals surface area contributed by atoms with Gasteiger partial charge in [-0.05, 0) is 30.7 Å². The lowest BCUT2D eigenvalue weighted by Crippen LogP contribution is -2.18. The molecule has 19 heavy (non-hydrogen) atoms. The Hall–Kier alpha value is -2.01. The number of benzene rings is 1. The van der Waals surface area contributed by atoms with Crippen LogP contribution < -0.4 is 10.1 Å². The second kappa shape index (κ2) is 5.75. The van der Waals surface area contributed by atoms with Crippen LogP contribution in [0, 0.1) is 0 Å². The van der Waals surface area contributed by atoms with Gasteiger partial charge in [-0.2, -0.15) is 5.10 Å². The third kappa shape index (κ3) is 3.26. The first-order valence-electron chi connectivity index (χ1n) is 6.19. The van der Waals surface area contributed by atoms with Crippen molar-refractivity contribution in [2.45, 2.75) is 19.5 Å². The second-order valence-electron chi connectivity index (χ2n) is 4.51. The number of aryl methyl sites for hydroxylation is 1. The molecule has 1 unspecified atom stereocenters. The van der Waals surface area contributed by atoms with E-state index in [2.05, 4.69) is 17.3 Å². The highest BCUT2D eigenvalue weighted by Gasteiger charge is 2.09. The van der Waals surface area contributed by atoms with Crippen molar-refractivity contribution in [3.05, 3.63) is 41.7 Å². The summed E-state index contributed by atoms with van der Waals surface area (Å²) in [5.74, 6) is 0.646. The van der Waals surface area contributed by atoms with Crippen LogP contribution in [0.25, 0.3) is 0 Å². The summed E-state index contributed by atoms with van der Waals surface area (Å²) in [6.45, 7) is 2.76. The Kier molecular flexibility index (Phi) is 4.06. The number of hydrogen-bond acceptors (Lipinski definition) is 4. The Bertz CT molecular complexity index is 551. The number of nitrogens with zero attached hydrogens (tertiary/aromatic N) is 2. The van der Waals surface area contributed by atoms with Crippen molar-refractivity contribution in [2.75, 3.05) is 7.11 Å². The number of rotatable bonds is 5. The van der Waals surface area contributed by atoms with Crippen LogP contribution in [0.3, 0.4) is 0 Å². The number of nitrogens with one attached hydrogen (secondary N) is 1. The molecule has 2 aromatic rings. The highest BCUT2D eigenvalue weighted by atomic mass is 16.5. The molecule has 0 aliphatic rings. The molecule has 0 aliphatic heterocycles. The second-order valence-corrected chi connectivity index (χ2v) is 4.51. The molecule has 0 fully saturated rings. The first-order valence-corrected chi connectivity index (χ1v) is 6.19. The van der Waals surface area contributed by atoms with Gasteiger partial charge in [0.2, 0.25) is 0 Å². The molecule has 1 heterocycles. The number of phenols is 1. The van der Waals surface area contributed by atoms with E-state index in [1.165, 1.54) is 0 Å². The summed E-state index contributed by atoms with van der Waals surface area (Å²) in [5, 5.41) is 17.3. The monoisotopic (exact) mass is 261 g/mol. The molecule has 1 aromatic heterocycles. The van der Waals surface area contributed by atoms with Crippen LogP contribution in [0.4, 0.5) is 0 Å². The molecule has 102 valence electrons. The van der Waals surface area contributed by atoms with Gasteiger partial charge in [0.1, 0.15) is 0 Å². The zero-order valence-electron chi connectivity index (χ0n) is 11.4. The van der Waals surface area contributed by atoms with E-state index in [4.69, 9.17) is 4.74 Å². The average Bonchev–Trinajstić information content (AvgIpc) is 2.82. The zero-order chi connectivity index (χ0) is 13.8. The maximum absolute atomic E-state index is 9.57. The van der Waals surface area contributed by atoms with Gasteiger partial charge in [0, 0.05) is 25.8 Å². The van der Waals surface area contributed by atoms with E-state index in [0.29, 0.717) is 12.3 Å². The molecule has 2 rings (SSSR count). The quantitative estimate of drug-likeness (QED) is 0.864. The fourth-order valence-electron chi connectivity index (χ4n) is 1.90. The Morgan fingerprint density at radius 3 is 2.84 bits per heavy atom. The molecule has 1 aromatic carbocycles. The van der Waals surface area contributed by atoms with Crippen LogP contribution in [0.2, 0.25) is 0 Å². The van der Waals surface area contributed by atoms with Gasteiger partial charge in [-0.15, -0.1) is 0 Å². The molecule has 0 saturated carbocycles. The number of hydrogen-bond donors (Lipinski definition) is 2. The lowest BCUT2D eigenvalue weighted by Gasteiger charge is -2.15. The van der Waals surface area contributed by atoms with E-state index in [-0.39, 0.29) is 11.8 Å². The minimum absolute atomic E-state index is 0.150. The van der Waals surface area contributed by atoms with Gasteiger partial charge >= 0.3 is 0 Å². The van der Waals surface area contributed by atoms with Gasteiger partial charge in [-0.25, -0.2) is 0 Å². The first-order chi connectivity index (χ1) is 9.10. The number of methoxy groups -OCH3 is 1. The molecule has 0 spiro atoms. The summed E-state index contributed by atoms with van der Waals surface area (Å²) >= 11 is 0. The van der Waals surface area contributed by atoms with Crippen LogP contribution in [0.15, 0.2) is 30.5 Å². The smallest absolute Gasteiger partial charge is 0.160 e. The van der Waals surface area contributed by atoms with Gasteiger partial charge in [0.25, 0.3) is 0 Å². The molecular formula is C14H19N3O2. The van der Waals surface area contributed by atoms with E-state index in [1.54, 1.807) is 17.9 Å². The van der Waals surface area contributed by atoms with Gasteiger partial charge < -0.3 is 15.2 Å². The highest BCUT2D eigenvalue weighted by molar-refractivity contribution is 5.42. The zero-order valence-corrected chi connectivity index (χ0v) is 11.4. The van der Waals surface area contributed by atoms with E-state index in [0.717, 1.165) is 11.3 Å². The van der Waals surface area contributed by atoms with E-state index >= 15 is 0 Å². The minimum atomic E-state index is 0.150. The topological polar surface area (TPSA) is 59.3 Å². The maximum atomic E-state index is 9.57. The van der Waals surface area contributed by atoms with Crippen LogP contribution in [0.1, 0.15) is 24.2 Å². The summed E-state index contributed by atoms with van der Waals surface area (Å²) in [6.07, 6.45) is 1.92. The van der Waals surface area contributed by atoms with Gasteiger partial charge in [0.05, 0.1) is 12.8 Å². The molecule has 1 atom stereocenters. The molecule has 0 radical (unpaired) electrons. The SMILES string of the molecule is COc1cc(C(C)NCc2ccn(C)n2)ccc1O. The van der Waals surface area contributed by atoms with Crippen molar-refractivity contribution in [2.24, 2.45) is 7.05 Å². The van der Waals surface area contributed by atoms with Crippen LogP contribution in [-0.2, 0) is 13.6 Å². The Balaban J connectivity index is 2.01. The Morgan fingerprint density at radius 2 is 2.21 bits per heavy atom. The summed E-state index contributed by atoms with van der Waals surface area (Å²) in [7, 11) is 3.45. The number of aromatic nitrogens is 2. The predicted octanol–water partition coefficient (Wildman–Crippen LogP) is 1.99. The number of phenolic OH excluding ortho intramolecular Hbond substituents is 1. The molecule has 0 amide bonds. The lowest BCUT2D eigenvalue weighted by molar-refractivity contribution is 0.372.